The van der Waals surface area contributed by atoms with Crippen molar-refractivity contribution in [3.63, 3.8) is 0 Å². The van der Waals surface area contributed by atoms with Gasteiger partial charge in [0.25, 0.3) is 0 Å². The minimum Gasteiger partial charge on any atom is -0.331 e. The SMILES string of the molecule is Cc1cccc(C)c1C(=O)c1nccn1C. The zero-order chi connectivity index (χ0) is 11.7. The molecule has 2 rings (SSSR count). The fraction of sp³-hybridized carbons (Fsp3) is 0.231. The Morgan fingerprint density at radius 2 is 1.88 bits per heavy atom. The fourth-order valence-electron chi connectivity index (χ4n) is 1.87. The van der Waals surface area contributed by atoms with Gasteiger partial charge >= 0.3 is 0 Å². The highest BCUT2D eigenvalue weighted by Crippen LogP contribution is 2.16. The third kappa shape index (κ3) is 1.65. The number of carbonyl (C=O) groups is 1. The zero-order valence-electron chi connectivity index (χ0n) is 9.69. The molecule has 0 N–H and O–H groups in total. The standard InChI is InChI=1S/C13H14N2O/c1-9-5-4-6-10(2)11(9)12(16)13-14-7-8-15(13)3/h4-8H,1-3H3. The van der Waals surface area contributed by atoms with E-state index >= 15 is 0 Å². The number of rotatable bonds is 2. The molecule has 0 aliphatic heterocycles. The smallest absolute Gasteiger partial charge is 0.228 e. The molecule has 0 fully saturated rings. The summed E-state index contributed by atoms with van der Waals surface area (Å²) < 4.78 is 1.74. The van der Waals surface area contributed by atoms with E-state index in [4.69, 9.17) is 0 Å². The summed E-state index contributed by atoms with van der Waals surface area (Å²) in [5.74, 6) is 0.473. The van der Waals surface area contributed by atoms with Crippen molar-refractivity contribution in [1.82, 2.24) is 9.55 Å². The Balaban J connectivity index is 2.54. The van der Waals surface area contributed by atoms with Gasteiger partial charge in [-0.3, -0.25) is 4.79 Å². The first-order valence-corrected chi connectivity index (χ1v) is 5.19. The topological polar surface area (TPSA) is 34.9 Å². The Labute approximate surface area is 94.7 Å². The van der Waals surface area contributed by atoms with Crippen molar-refractivity contribution >= 4 is 5.78 Å². The van der Waals surface area contributed by atoms with E-state index in [1.807, 2.05) is 39.1 Å². The lowest BCUT2D eigenvalue weighted by Gasteiger charge is -2.08. The van der Waals surface area contributed by atoms with Crippen LogP contribution < -0.4 is 0 Å². The first kappa shape index (κ1) is 10.6. The molecule has 3 nitrogen and oxygen atoms in total. The van der Waals surface area contributed by atoms with E-state index in [0.29, 0.717) is 5.82 Å². The van der Waals surface area contributed by atoms with Crippen LogP contribution in [0, 0.1) is 13.8 Å². The molecule has 1 heterocycles. The van der Waals surface area contributed by atoms with Crippen LogP contribution in [-0.4, -0.2) is 15.3 Å². The van der Waals surface area contributed by atoms with E-state index in [0.717, 1.165) is 16.7 Å². The monoisotopic (exact) mass is 214 g/mol. The summed E-state index contributed by atoms with van der Waals surface area (Å²) in [5.41, 5.74) is 2.75. The highest BCUT2D eigenvalue weighted by Gasteiger charge is 2.17. The van der Waals surface area contributed by atoms with Crippen LogP contribution in [0.25, 0.3) is 0 Å². The number of aryl methyl sites for hydroxylation is 3. The molecule has 2 aromatic rings. The van der Waals surface area contributed by atoms with Gasteiger partial charge in [0.15, 0.2) is 5.82 Å². The van der Waals surface area contributed by atoms with Crippen LogP contribution >= 0.6 is 0 Å². The van der Waals surface area contributed by atoms with Crippen molar-refractivity contribution in [2.45, 2.75) is 13.8 Å². The third-order valence-corrected chi connectivity index (χ3v) is 2.73. The van der Waals surface area contributed by atoms with E-state index in [-0.39, 0.29) is 5.78 Å². The summed E-state index contributed by atoms with van der Waals surface area (Å²) in [5, 5.41) is 0. The Morgan fingerprint density at radius 3 is 2.38 bits per heavy atom. The van der Waals surface area contributed by atoms with E-state index in [1.54, 1.807) is 17.0 Å². The van der Waals surface area contributed by atoms with E-state index in [1.165, 1.54) is 0 Å². The minimum absolute atomic E-state index is 0.0110. The molecule has 0 bridgehead atoms. The maximum Gasteiger partial charge on any atom is 0.228 e. The van der Waals surface area contributed by atoms with Crippen LogP contribution in [0.15, 0.2) is 30.6 Å². The van der Waals surface area contributed by atoms with Crippen molar-refractivity contribution in [3.8, 4) is 0 Å². The van der Waals surface area contributed by atoms with Crippen LogP contribution in [0.3, 0.4) is 0 Å². The largest absolute Gasteiger partial charge is 0.331 e. The molecule has 0 saturated heterocycles. The molecular weight excluding hydrogens is 200 g/mol. The van der Waals surface area contributed by atoms with Crippen molar-refractivity contribution in [2.24, 2.45) is 7.05 Å². The van der Waals surface area contributed by atoms with Crippen LogP contribution in [0.5, 0.6) is 0 Å². The Kier molecular flexibility index (Phi) is 2.60. The number of ketones is 1. The van der Waals surface area contributed by atoms with Gasteiger partial charge in [0.1, 0.15) is 0 Å². The molecule has 3 heteroatoms. The molecule has 0 radical (unpaired) electrons. The first-order valence-electron chi connectivity index (χ1n) is 5.19. The van der Waals surface area contributed by atoms with Crippen molar-refractivity contribution in [1.29, 1.82) is 0 Å². The quantitative estimate of drug-likeness (QED) is 0.719. The summed E-state index contributed by atoms with van der Waals surface area (Å²) in [7, 11) is 1.83. The summed E-state index contributed by atoms with van der Waals surface area (Å²) in [6.45, 7) is 3.90. The van der Waals surface area contributed by atoms with E-state index in [9.17, 15) is 4.79 Å². The van der Waals surface area contributed by atoms with Gasteiger partial charge in [-0.25, -0.2) is 4.98 Å². The van der Waals surface area contributed by atoms with Crippen LogP contribution in [0.1, 0.15) is 27.3 Å². The number of hydrogen-bond donors (Lipinski definition) is 0. The van der Waals surface area contributed by atoms with Gasteiger partial charge in [-0.2, -0.15) is 0 Å². The summed E-state index contributed by atoms with van der Waals surface area (Å²) in [6.07, 6.45) is 3.42. The molecular formula is C13H14N2O. The highest BCUT2D eigenvalue weighted by molar-refractivity contribution is 6.08. The maximum atomic E-state index is 12.3. The van der Waals surface area contributed by atoms with Gasteiger partial charge in [-0.15, -0.1) is 0 Å². The van der Waals surface area contributed by atoms with Crippen LogP contribution in [0.2, 0.25) is 0 Å². The van der Waals surface area contributed by atoms with Gasteiger partial charge in [-0.1, -0.05) is 18.2 Å². The zero-order valence-corrected chi connectivity index (χ0v) is 9.69. The van der Waals surface area contributed by atoms with Gasteiger partial charge in [0.05, 0.1) is 0 Å². The Bertz CT molecular complexity index is 520. The molecule has 0 amide bonds. The Hall–Kier alpha value is -1.90. The minimum atomic E-state index is -0.0110. The predicted molar refractivity (Wildman–Crippen MR) is 62.6 cm³/mol. The summed E-state index contributed by atoms with van der Waals surface area (Å²) in [4.78, 5) is 16.4. The van der Waals surface area contributed by atoms with Crippen molar-refractivity contribution in [3.05, 3.63) is 53.1 Å². The van der Waals surface area contributed by atoms with Crippen molar-refractivity contribution in [2.75, 3.05) is 0 Å². The van der Waals surface area contributed by atoms with Crippen molar-refractivity contribution < 1.29 is 4.79 Å². The van der Waals surface area contributed by atoms with Crippen LogP contribution in [-0.2, 0) is 7.05 Å². The lowest BCUT2D eigenvalue weighted by molar-refractivity contribution is 0.102. The normalized spacial score (nSPS) is 10.4. The molecule has 0 aliphatic carbocycles. The molecule has 0 atom stereocenters. The predicted octanol–water partition coefficient (Wildman–Crippen LogP) is 2.27. The number of aromatic nitrogens is 2. The number of nitrogens with zero attached hydrogens (tertiary/aromatic N) is 2. The van der Waals surface area contributed by atoms with Gasteiger partial charge in [0.2, 0.25) is 5.78 Å². The lowest BCUT2D eigenvalue weighted by atomic mass is 9.99. The Morgan fingerprint density at radius 1 is 1.25 bits per heavy atom. The molecule has 1 aromatic heterocycles. The second-order valence-electron chi connectivity index (χ2n) is 3.96. The summed E-state index contributed by atoms with van der Waals surface area (Å²) in [6, 6.07) is 5.85. The van der Waals surface area contributed by atoms with E-state index < -0.39 is 0 Å². The molecule has 82 valence electrons. The summed E-state index contributed by atoms with van der Waals surface area (Å²) >= 11 is 0. The van der Waals surface area contributed by atoms with Gasteiger partial charge in [0, 0.05) is 25.0 Å². The van der Waals surface area contributed by atoms with Gasteiger partial charge in [-0.05, 0) is 25.0 Å². The molecule has 1 aromatic carbocycles. The molecule has 0 unspecified atom stereocenters. The maximum absolute atomic E-state index is 12.3. The molecule has 0 spiro atoms. The molecule has 0 aliphatic rings. The van der Waals surface area contributed by atoms with E-state index in [2.05, 4.69) is 4.98 Å². The average Bonchev–Trinajstić information content (AvgIpc) is 2.64. The molecule has 16 heavy (non-hydrogen) atoms. The average molecular weight is 214 g/mol. The van der Waals surface area contributed by atoms with Crippen LogP contribution in [0.4, 0.5) is 0 Å². The lowest BCUT2D eigenvalue weighted by Crippen LogP contribution is -2.11. The molecule has 0 saturated carbocycles. The fourth-order valence-corrected chi connectivity index (χ4v) is 1.87. The number of carbonyl (C=O) groups excluding carboxylic acids is 1. The second-order valence-corrected chi connectivity index (χ2v) is 3.96. The number of imidazole rings is 1. The first-order chi connectivity index (χ1) is 7.61. The third-order valence-electron chi connectivity index (χ3n) is 2.73. The van der Waals surface area contributed by atoms with Gasteiger partial charge < -0.3 is 4.57 Å². The highest BCUT2D eigenvalue weighted by atomic mass is 16.1. The number of benzene rings is 1. The number of hydrogen-bond acceptors (Lipinski definition) is 2. The second kappa shape index (κ2) is 3.93.